The van der Waals surface area contributed by atoms with Crippen molar-refractivity contribution >= 4 is 0 Å². The lowest BCUT2D eigenvalue weighted by molar-refractivity contribution is 0.00665. The number of hydrogen-bond donors (Lipinski definition) is 0. The molecular formula is C15H18O2. The molecule has 2 atom stereocenters. The van der Waals surface area contributed by atoms with Gasteiger partial charge in [0.25, 0.3) is 0 Å². The highest BCUT2D eigenvalue weighted by atomic mass is 16.5. The van der Waals surface area contributed by atoms with Gasteiger partial charge in [0.1, 0.15) is 5.75 Å². The first kappa shape index (κ1) is 11.9. The van der Waals surface area contributed by atoms with Crippen molar-refractivity contribution in [2.75, 3.05) is 7.11 Å². The van der Waals surface area contributed by atoms with Gasteiger partial charge in [0.2, 0.25) is 0 Å². The highest BCUT2D eigenvalue weighted by Gasteiger charge is 2.18. The monoisotopic (exact) mass is 230 g/mol. The van der Waals surface area contributed by atoms with Gasteiger partial charge in [0.05, 0.1) is 19.3 Å². The van der Waals surface area contributed by atoms with Crippen molar-refractivity contribution in [3.05, 3.63) is 54.6 Å². The lowest BCUT2D eigenvalue weighted by Gasteiger charge is -2.25. The number of rotatable bonds is 4. The van der Waals surface area contributed by atoms with Gasteiger partial charge in [-0.1, -0.05) is 30.4 Å². The van der Waals surface area contributed by atoms with Crippen LogP contribution in [0.2, 0.25) is 0 Å². The second-order valence-electron chi connectivity index (χ2n) is 4.12. The quantitative estimate of drug-likeness (QED) is 0.735. The minimum absolute atomic E-state index is 0.149. The Morgan fingerprint density at radius 2 is 2.18 bits per heavy atom. The Balaban J connectivity index is 2.06. The highest BCUT2D eigenvalue weighted by Crippen LogP contribution is 2.29. The van der Waals surface area contributed by atoms with E-state index in [0.717, 1.165) is 18.6 Å². The minimum atomic E-state index is 0.149. The highest BCUT2D eigenvalue weighted by molar-refractivity contribution is 5.29. The number of ether oxygens (including phenoxy) is 2. The third-order valence-electron chi connectivity index (χ3n) is 2.93. The molecule has 17 heavy (non-hydrogen) atoms. The van der Waals surface area contributed by atoms with E-state index in [1.165, 1.54) is 5.56 Å². The molecule has 1 aliphatic heterocycles. The molecule has 0 bridgehead atoms. The molecule has 2 rings (SSSR count). The SMILES string of the molecule is C=CC[C@H]1C=CC[C@H](c2ccc(OC)cc2)O1. The molecule has 0 fully saturated rings. The molecule has 1 aliphatic rings. The Morgan fingerprint density at radius 1 is 1.41 bits per heavy atom. The second-order valence-corrected chi connectivity index (χ2v) is 4.12. The van der Waals surface area contributed by atoms with Crippen LogP contribution in [0.5, 0.6) is 5.75 Å². The van der Waals surface area contributed by atoms with E-state index in [-0.39, 0.29) is 12.2 Å². The average Bonchev–Trinajstić information content (AvgIpc) is 2.40. The van der Waals surface area contributed by atoms with Crippen LogP contribution in [0.3, 0.4) is 0 Å². The zero-order chi connectivity index (χ0) is 12.1. The third-order valence-corrected chi connectivity index (χ3v) is 2.93. The fourth-order valence-corrected chi connectivity index (χ4v) is 2.00. The fraction of sp³-hybridized carbons (Fsp3) is 0.333. The van der Waals surface area contributed by atoms with Crippen LogP contribution in [0, 0.1) is 0 Å². The molecule has 0 saturated carbocycles. The first-order chi connectivity index (χ1) is 8.33. The van der Waals surface area contributed by atoms with Crippen molar-refractivity contribution < 1.29 is 9.47 Å². The van der Waals surface area contributed by atoms with Crippen molar-refractivity contribution in [3.63, 3.8) is 0 Å². The summed E-state index contributed by atoms with van der Waals surface area (Å²) in [6.07, 6.45) is 8.30. The summed E-state index contributed by atoms with van der Waals surface area (Å²) in [5.74, 6) is 0.878. The van der Waals surface area contributed by atoms with Crippen LogP contribution in [0.15, 0.2) is 49.1 Å². The van der Waals surface area contributed by atoms with Gasteiger partial charge in [0.15, 0.2) is 0 Å². The molecule has 2 heteroatoms. The maximum atomic E-state index is 5.99. The molecule has 0 saturated heterocycles. The molecule has 0 unspecified atom stereocenters. The maximum absolute atomic E-state index is 5.99. The van der Waals surface area contributed by atoms with Gasteiger partial charge in [0, 0.05) is 0 Å². The molecule has 0 aromatic heterocycles. The molecular weight excluding hydrogens is 212 g/mol. The molecule has 0 spiro atoms. The molecule has 90 valence electrons. The Bertz CT molecular complexity index is 392. The molecule has 1 heterocycles. The predicted octanol–water partition coefficient (Wildman–Crippen LogP) is 3.66. The second kappa shape index (κ2) is 5.69. The third kappa shape index (κ3) is 2.98. The lowest BCUT2D eigenvalue weighted by atomic mass is 10.0. The molecule has 1 aromatic rings. The topological polar surface area (TPSA) is 18.5 Å². The van der Waals surface area contributed by atoms with E-state index in [1.54, 1.807) is 7.11 Å². The summed E-state index contributed by atoms with van der Waals surface area (Å²) in [6, 6.07) is 8.07. The summed E-state index contributed by atoms with van der Waals surface area (Å²) in [7, 11) is 1.68. The maximum Gasteiger partial charge on any atom is 0.118 e. The Labute approximate surface area is 103 Å². The molecule has 0 N–H and O–H groups in total. The fourth-order valence-electron chi connectivity index (χ4n) is 2.00. The zero-order valence-electron chi connectivity index (χ0n) is 10.1. The van der Waals surface area contributed by atoms with Gasteiger partial charge in [-0.2, -0.15) is 0 Å². The van der Waals surface area contributed by atoms with Crippen LogP contribution in [0.4, 0.5) is 0 Å². The minimum Gasteiger partial charge on any atom is -0.497 e. The van der Waals surface area contributed by atoms with Crippen molar-refractivity contribution in [1.82, 2.24) is 0 Å². The smallest absolute Gasteiger partial charge is 0.118 e. The summed E-state index contributed by atoms with van der Waals surface area (Å²) in [5, 5.41) is 0. The molecule has 0 radical (unpaired) electrons. The lowest BCUT2D eigenvalue weighted by Crippen LogP contribution is -2.17. The van der Waals surface area contributed by atoms with Crippen molar-refractivity contribution in [2.24, 2.45) is 0 Å². The van der Waals surface area contributed by atoms with Crippen LogP contribution >= 0.6 is 0 Å². The largest absolute Gasteiger partial charge is 0.497 e. The van der Waals surface area contributed by atoms with Gasteiger partial charge >= 0.3 is 0 Å². The van der Waals surface area contributed by atoms with Gasteiger partial charge < -0.3 is 9.47 Å². The van der Waals surface area contributed by atoms with E-state index >= 15 is 0 Å². The Morgan fingerprint density at radius 3 is 2.82 bits per heavy atom. The van der Waals surface area contributed by atoms with E-state index in [2.05, 4.69) is 30.9 Å². The predicted molar refractivity (Wildman–Crippen MR) is 69.2 cm³/mol. The summed E-state index contributed by atoms with van der Waals surface area (Å²) < 4.78 is 11.1. The van der Waals surface area contributed by atoms with E-state index < -0.39 is 0 Å². The first-order valence-corrected chi connectivity index (χ1v) is 5.90. The summed E-state index contributed by atoms with van der Waals surface area (Å²) in [5.41, 5.74) is 1.20. The van der Waals surface area contributed by atoms with Gasteiger partial charge in [-0.25, -0.2) is 0 Å². The molecule has 0 aliphatic carbocycles. The van der Waals surface area contributed by atoms with Gasteiger partial charge in [-0.15, -0.1) is 6.58 Å². The standard InChI is InChI=1S/C15H18O2/c1-3-5-14-6-4-7-15(17-14)12-8-10-13(16-2)11-9-12/h3-4,6,8-11,14-15H,1,5,7H2,2H3/t14-,15+/m0/s1. The first-order valence-electron chi connectivity index (χ1n) is 5.90. The Hall–Kier alpha value is -1.54. The average molecular weight is 230 g/mol. The van der Waals surface area contributed by atoms with E-state index in [4.69, 9.17) is 9.47 Å². The van der Waals surface area contributed by atoms with Crippen LogP contribution in [0.25, 0.3) is 0 Å². The van der Waals surface area contributed by atoms with Crippen molar-refractivity contribution in [1.29, 1.82) is 0 Å². The normalized spacial score (nSPS) is 23.4. The summed E-state index contributed by atoms with van der Waals surface area (Å²) >= 11 is 0. The molecule has 0 amide bonds. The zero-order valence-corrected chi connectivity index (χ0v) is 10.1. The van der Waals surface area contributed by atoms with E-state index in [1.807, 2.05) is 18.2 Å². The Kier molecular flexibility index (Phi) is 3.99. The number of hydrogen-bond acceptors (Lipinski definition) is 2. The number of benzene rings is 1. The number of methoxy groups -OCH3 is 1. The van der Waals surface area contributed by atoms with Crippen molar-refractivity contribution in [2.45, 2.75) is 25.0 Å². The van der Waals surface area contributed by atoms with Gasteiger partial charge in [-0.05, 0) is 30.5 Å². The summed E-state index contributed by atoms with van der Waals surface area (Å²) in [4.78, 5) is 0. The van der Waals surface area contributed by atoms with Crippen LogP contribution in [-0.2, 0) is 4.74 Å². The van der Waals surface area contributed by atoms with Gasteiger partial charge in [-0.3, -0.25) is 0 Å². The van der Waals surface area contributed by atoms with Crippen molar-refractivity contribution in [3.8, 4) is 5.75 Å². The van der Waals surface area contributed by atoms with E-state index in [9.17, 15) is 0 Å². The van der Waals surface area contributed by atoms with Crippen LogP contribution in [-0.4, -0.2) is 13.2 Å². The van der Waals surface area contributed by atoms with E-state index in [0.29, 0.717) is 0 Å². The van der Waals surface area contributed by atoms with Crippen LogP contribution in [0.1, 0.15) is 24.5 Å². The molecule has 1 aromatic carbocycles. The summed E-state index contributed by atoms with van der Waals surface area (Å²) in [6.45, 7) is 3.74. The van der Waals surface area contributed by atoms with Crippen LogP contribution < -0.4 is 4.74 Å². The molecule has 2 nitrogen and oxygen atoms in total.